The third kappa shape index (κ3) is 1.07. The molecule has 1 heterocycles. The zero-order valence-corrected chi connectivity index (χ0v) is 6.32. The molecule has 12 heavy (non-hydrogen) atoms. The van der Waals surface area contributed by atoms with Crippen molar-refractivity contribution in [3.05, 3.63) is 29.2 Å². The first-order valence-electron chi connectivity index (χ1n) is 3.64. The van der Waals surface area contributed by atoms with Crippen molar-refractivity contribution in [1.82, 2.24) is 0 Å². The zero-order chi connectivity index (χ0) is 8.39. The van der Waals surface area contributed by atoms with Gasteiger partial charge in [-0.25, -0.2) is 4.99 Å². The lowest BCUT2D eigenvalue weighted by molar-refractivity contribution is 1.26. The van der Waals surface area contributed by atoms with E-state index in [0.717, 1.165) is 11.4 Å². The van der Waals surface area contributed by atoms with Gasteiger partial charge in [-0.1, -0.05) is 12.1 Å². The lowest BCUT2D eigenvalue weighted by atomic mass is 10.2. The van der Waals surface area contributed by atoms with Crippen molar-refractivity contribution in [3.8, 4) is 0 Å². The molecule has 0 aliphatic carbocycles. The van der Waals surface area contributed by atoms with Crippen molar-refractivity contribution in [2.24, 2.45) is 10.2 Å². The third-order valence-electron chi connectivity index (χ3n) is 1.70. The highest BCUT2D eigenvalue weighted by Crippen LogP contribution is 2.26. The number of nitrogens with zero attached hydrogens (tertiary/aromatic N) is 2. The van der Waals surface area contributed by atoms with Crippen LogP contribution in [0.25, 0.3) is 0 Å². The number of nitroso groups, excluding NO2 is 1. The van der Waals surface area contributed by atoms with E-state index in [9.17, 15) is 4.91 Å². The summed E-state index contributed by atoms with van der Waals surface area (Å²) in [4.78, 5) is 14.2. The van der Waals surface area contributed by atoms with Crippen molar-refractivity contribution in [2.75, 3.05) is 11.9 Å². The molecule has 0 saturated heterocycles. The van der Waals surface area contributed by atoms with E-state index < -0.39 is 0 Å². The summed E-state index contributed by atoms with van der Waals surface area (Å²) in [5.74, 6) is 0.300. The Labute approximate surface area is 69.3 Å². The van der Waals surface area contributed by atoms with Gasteiger partial charge in [0.1, 0.15) is 0 Å². The average molecular weight is 161 g/mol. The summed E-state index contributed by atoms with van der Waals surface area (Å²) in [6.07, 6.45) is 0. The first-order valence-corrected chi connectivity index (χ1v) is 3.64. The number of rotatable bonds is 0. The monoisotopic (exact) mass is 161 g/mol. The van der Waals surface area contributed by atoms with Gasteiger partial charge in [-0.05, 0) is 17.3 Å². The number of hydrogen-bond donors (Lipinski definition) is 1. The van der Waals surface area contributed by atoms with E-state index in [1.165, 1.54) is 0 Å². The van der Waals surface area contributed by atoms with E-state index in [0.29, 0.717) is 12.4 Å². The van der Waals surface area contributed by atoms with Gasteiger partial charge in [0.05, 0.1) is 17.9 Å². The summed E-state index contributed by atoms with van der Waals surface area (Å²) in [7, 11) is 0. The SMILES string of the molecule is O=NC1=Nc2ccccc2NC1. The van der Waals surface area contributed by atoms with Crippen molar-refractivity contribution >= 4 is 17.2 Å². The summed E-state index contributed by atoms with van der Waals surface area (Å²) >= 11 is 0. The molecular weight excluding hydrogens is 154 g/mol. The fourth-order valence-electron chi connectivity index (χ4n) is 1.13. The van der Waals surface area contributed by atoms with Gasteiger partial charge in [0.15, 0.2) is 5.84 Å². The zero-order valence-electron chi connectivity index (χ0n) is 6.32. The summed E-state index contributed by atoms with van der Waals surface area (Å²) in [5.41, 5.74) is 1.73. The van der Waals surface area contributed by atoms with Crippen LogP contribution in [0.15, 0.2) is 34.4 Å². The molecule has 1 aromatic carbocycles. The molecule has 0 radical (unpaired) electrons. The maximum absolute atomic E-state index is 10.1. The van der Waals surface area contributed by atoms with E-state index in [1.807, 2.05) is 24.3 Å². The predicted octanol–water partition coefficient (Wildman–Crippen LogP) is 1.91. The molecule has 60 valence electrons. The van der Waals surface area contributed by atoms with Crippen LogP contribution in [0.3, 0.4) is 0 Å². The molecule has 0 saturated carbocycles. The number of amidine groups is 1. The van der Waals surface area contributed by atoms with Gasteiger partial charge in [-0.3, -0.25) is 0 Å². The lowest BCUT2D eigenvalue weighted by Crippen LogP contribution is -2.14. The number of hydrogen-bond acceptors (Lipinski definition) is 4. The molecule has 1 N–H and O–H groups in total. The second-order valence-electron chi connectivity index (χ2n) is 2.49. The topological polar surface area (TPSA) is 53.8 Å². The second-order valence-corrected chi connectivity index (χ2v) is 2.49. The number of aliphatic imine (C=N–C) groups is 1. The highest BCUT2D eigenvalue weighted by molar-refractivity contribution is 5.94. The van der Waals surface area contributed by atoms with Crippen LogP contribution >= 0.6 is 0 Å². The second kappa shape index (κ2) is 2.73. The Morgan fingerprint density at radius 1 is 1.42 bits per heavy atom. The third-order valence-corrected chi connectivity index (χ3v) is 1.70. The number of benzene rings is 1. The predicted molar refractivity (Wildman–Crippen MR) is 47.8 cm³/mol. The maximum atomic E-state index is 10.1. The fraction of sp³-hybridized carbons (Fsp3) is 0.125. The highest BCUT2D eigenvalue weighted by Gasteiger charge is 2.09. The Morgan fingerprint density at radius 3 is 3.08 bits per heavy atom. The molecule has 4 heteroatoms. The van der Waals surface area contributed by atoms with Gasteiger partial charge in [-0.15, -0.1) is 4.91 Å². The van der Waals surface area contributed by atoms with Gasteiger partial charge >= 0.3 is 0 Å². The summed E-state index contributed by atoms with van der Waals surface area (Å²) in [6.45, 7) is 0.417. The van der Waals surface area contributed by atoms with Crippen molar-refractivity contribution < 1.29 is 0 Å². The molecule has 1 aliphatic rings. The van der Waals surface area contributed by atoms with Gasteiger partial charge in [0.25, 0.3) is 0 Å². The molecule has 0 amide bonds. The Hall–Kier alpha value is -1.71. The van der Waals surface area contributed by atoms with Gasteiger partial charge in [-0.2, -0.15) is 0 Å². The van der Waals surface area contributed by atoms with Crippen LogP contribution in [-0.2, 0) is 0 Å². The lowest BCUT2D eigenvalue weighted by Gasteiger charge is -2.12. The highest BCUT2D eigenvalue weighted by atomic mass is 16.3. The maximum Gasteiger partial charge on any atom is 0.192 e. The van der Waals surface area contributed by atoms with Crippen LogP contribution in [0.4, 0.5) is 11.4 Å². The molecular formula is C8H7N3O. The molecule has 0 spiro atoms. The van der Waals surface area contributed by atoms with Gasteiger partial charge in [0, 0.05) is 0 Å². The molecule has 4 nitrogen and oxygen atoms in total. The van der Waals surface area contributed by atoms with E-state index in [-0.39, 0.29) is 0 Å². The summed E-state index contributed by atoms with van der Waals surface area (Å²) < 4.78 is 0. The van der Waals surface area contributed by atoms with Crippen LogP contribution in [0.5, 0.6) is 0 Å². The number of nitrogens with one attached hydrogen (secondary N) is 1. The fourth-order valence-corrected chi connectivity index (χ4v) is 1.13. The quantitative estimate of drug-likeness (QED) is 0.591. The van der Waals surface area contributed by atoms with Crippen molar-refractivity contribution in [1.29, 1.82) is 0 Å². The first kappa shape index (κ1) is 6.97. The summed E-state index contributed by atoms with van der Waals surface area (Å²) in [6, 6.07) is 7.55. The van der Waals surface area contributed by atoms with E-state index in [4.69, 9.17) is 0 Å². The molecule has 2 rings (SSSR count). The number of fused-ring (bicyclic) bond motifs is 1. The van der Waals surface area contributed by atoms with Crippen LogP contribution in [-0.4, -0.2) is 12.4 Å². The Kier molecular flexibility index (Phi) is 1.59. The molecule has 1 aromatic rings. The minimum absolute atomic E-state index is 0.300. The molecule has 0 aromatic heterocycles. The standard InChI is InChI=1S/C8H7N3O/c12-11-8-5-9-6-3-1-2-4-7(6)10-8/h1-4,9H,5H2. The van der Waals surface area contributed by atoms with Crippen molar-refractivity contribution in [2.45, 2.75) is 0 Å². The Bertz CT molecular complexity index is 346. The van der Waals surface area contributed by atoms with Gasteiger partial charge in [0.2, 0.25) is 0 Å². The Balaban J connectivity index is 2.47. The molecule has 0 bridgehead atoms. The minimum Gasteiger partial charge on any atom is -0.376 e. The smallest absolute Gasteiger partial charge is 0.192 e. The van der Waals surface area contributed by atoms with Crippen molar-refractivity contribution in [3.63, 3.8) is 0 Å². The van der Waals surface area contributed by atoms with E-state index >= 15 is 0 Å². The number of anilines is 1. The molecule has 0 unspecified atom stereocenters. The first-order chi connectivity index (χ1) is 5.90. The van der Waals surface area contributed by atoms with Crippen LogP contribution in [0.2, 0.25) is 0 Å². The molecule has 0 fully saturated rings. The van der Waals surface area contributed by atoms with Crippen LogP contribution in [0.1, 0.15) is 0 Å². The minimum atomic E-state index is 0.300. The normalized spacial score (nSPS) is 14.2. The van der Waals surface area contributed by atoms with Crippen LogP contribution < -0.4 is 5.32 Å². The molecule has 0 atom stereocenters. The summed E-state index contributed by atoms with van der Waals surface area (Å²) in [5, 5.41) is 5.82. The average Bonchev–Trinajstić information content (AvgIpc) is 2.17. The van der Waals surface area contributed by atoms with E-state index in [2.05, 4.69) is 15.5 Å². The van der Waals surface area contributed by atoms with E-state index in [1.54, 1.807) is 0 Å². The van der Waals surface area contributed by atoms with Crippen LogP contribution in [0, 0.1) is 4.91 Å². The molecule has 1 aliphatic heterocycles. The van der Waals surface area contributed by atoms with Gasteiger partial charge < -0.3 is 5.32 Å². The number of para-hydroxylation sites is 2. The largest absolute Gasteiger partial charge is 0.376 e. The Morgan fingerprint density at radius 2 is 2.25 bits per heavy atom.